The summed E-state index contributed by atoms with van der Waals surface area (Å²) in [6.07, 6.45) is 12.3. The van der Waals surface area contributed by atoms with Crippen molar-refractivity contribution in [3.05, 3.63) is 106 Å². The molecule has 0 amide bonds. The van der Waals surface area contributed by atoms with Gasteiger partial charge >= 0.3 is 11.9 Å². The molecule has 0 radical (unpaired) electrons. The SMILES string of the molecule is Cc1cc(C)c(OC/C=C/COc2ccc(C=Cc3cccc4c(CC5(CC(=O)O)CC5)cn(CC(=O)O)c34)cc2)c(C)c1. The standard InChI is InChI=1S/C37H39NO6/c1-25-19-26(2)36(27(3)20-25)44-18-5-4-17-43-31-13-10-28(11-14-31)9-12-29-7-6-8-32-30(21-37(15-16-37)22-33(39)40)23-38(35(29)32)24-34(41)42/h4-14,19-20,23H,15-18,21-22,24H2,1-3H3,(H,39,40)(H,41,42)/b5-4+,12-9?. The van der Waals surface area contributed by atoms with Crippen molar-refractivity contribution >= 4 is 35.0 Å². The third kappa shape index (κ3) is 7.59. The van der Waals surface area contributed by atoms with Gasteiger partial charge in [0, 0.05) is 11.6 Å². The van der Waals surface area contributed by atoms with Crippen LogP contribution in [0.15, 0.2) is 72.9 Å². The van der Waals surface area contributed by atoms with Crippen LogP contribution in [0.5, 0.6) is 11.5 Å². The predicted molar refractivity (Wildman–Crippen MR) is 173 cm³/mol. The highest BCUT2D eigenvalue weighted by atomic mass is 16.5. The Labute approximate surface area is 258 Å². The summed E-state index contributed by atoms with van der Waals surface area (Å²) in [6, 6.07) is 18.0. The maximum Gasteiger partial charge on any atom is 0.323 e. The first-order valence-corrected chi connectivity index (χ1v) is 14.9. The number of hydrogen-bond acceptors (Lipinski definition) is 4. The third-order valence-corrected chi connectivity index (χ3v) is 8.14. The van der Waals surface area contributed by atoms with E-state index in [0.29, 0.717) is 19.6 Å². The van der Waals surface area contributed by atoms with E-state index in [1.807, 2.05) is 73.0 Å². The van der Waals surface area contributed by atoms with Gasteiger partial charge in [-0.25, -0.2) is 0 Å². The number of aliphatic carboxylic acids is 2. The summed E-state index contributed by atoms with van der Waals surface area (Å²) in [5.41, 5.74) is 7.00. The highest BCUT2D eigenvalue weighted by molar-refractivity contribution is 5.94. The second kappa shape index (κ2) is 13.2. The van der Waals surface area contributed by atoms with Gasteiger partial charge in [0.15, 0.2) is 0 Å². The molecule has 0 spiro atoms. The summed E-state index contributed by atoms with van der Waals surface area (Å²) in [5.74, 6) is -0.0236. The van der Waals surface area contributed by atoms with Gasteiger partial charge in [-0.05, 0) is 97.6 Å². The number of fused-ring (bicyclic) bond motifs is 1. The first-order chi connectivity index (χ1) is 21.1. The van der Waals surface area contributed by atoms with Crippen molar-refractivity contribution in [1.82, 2.24) is 4.57 Å². The molecule has 3 aromatic carbocycles. The van der Waals surface area contributed by atoms with Crippen LogP contribution in [0.2, 0.25) is 0 Å². The van der Waals surface area contributed by atoms with Crippen molar-refractivity contribution in [2.24, 2.45) is 5.41 Å². The number of hydrogen-bond donors (Lipinski definition) is 2. The van der Waals surface area contributed by atoms with E-state index in [4.69, 9.17) is 9.47 Å². The zero-order valence-electron chi connectivity index (χ0n) is 25.5. The second-order valence-electron chi connectivity index (χ2n) is 11.9. The van der Waals surface area contributed by atoms with Gasteiger partial charge in [-0.3, -0.25) is 9.59 Å². The molecule has 2 N–H and O–H groups in total. The number of nitrogens with zero attached hydrogens (tertiary/aromatic N) is 1. The fourth-order valence-corrected chi connectivity index (χ4v) is 5.99. The van der Waals surface area contributed by atoms with Crippen LogP contribution in [-0.2, 0) is 22.6 Å². The van der Waals surface area contributed by atoms with Gasteiger partial charge in [0.1, 0.15) is 31.3 Å². The summed E-state index contributed by atoms with van der Waals surface area (Å²) < 4.78 is 13.6. The molecule has 1 aromatic heterocycles. The summed E-state index contributed by atoms with van der Waals surface area (Å²) in [6.45, 7) is 6.95. The molecule has 0 unspecified atom stereocenters. The molecule has 1 saturated carbocycles. The Kier molecular flexibility index (Phi) is 9.23. The number of carboxylic acid groups (broad SMARTS) is 2. The number of rotatable bonds is 14. The summed E-state index contributed by atoms with van der Waals surface area (Å²) in [4.78, 5) is 23.1. The smallest absolute Gasteiger partial charge is 0.323 e. The van der Waals surface area contributed by atoms with E-state index >= 15 is 0 Å². The average molecular weight is 594 g/mol. The van der Waals surface area contributed by atoms with Crippen molar-refractivity contribution in [2.75, 3.05) is 13.2 Å². The molecule has 0 bridgehead atoms. The molecule has 7 heteroatoms. The van der Waals surface area contributed by atoms with Crippen LogP contribution < -0.4 is 9.47 Å². The lowest BCUT2D eigenvalue weighted by Gasteiger charge is -2.11. The number of carbonyl (C=O) groups is 2. The predicted octanol–water partition coefficient (Wildman–Crippen LogP) is 7.63. The Hall–Kier alpha value is -4.78. The quantitative estimate of drug-likeness (QED) is 0.115. The first-order valence-electron chi connectivity index (χ1n) is 14.9. The summed E-state index contributed by atoms with van der Waals surface area (Å²) in [7, 11) is 0. The van der Waals surface area contributed by atoms with E-state index in [1.54, 1.807) is 4.57 Å². The lowest BCUT2D eigenvalue weighted by molar-refractivity contribution is -0.139. The first kappa shape index (κ1) is 30.7. The average Bonchev–Trinajstić information content (AvgIpc) is 3.63. The summed E-state index contributed by atoms with van der Waals surface area (Å²) in [5, 5.41) is 19.9. The molecule has 0 saturated heterocycles. The number of ether oxygens (including phenoxy) is 2. The van der Waals surface area contributed by atoms with Gasteiger partial charge < -0.3 is 24.3 Å². The minimum atomic E-state index is -0.923. The lowest BCUT2D eigenvalue weighted by atomic mass is 9.92. The maximum absolute atomic E-state index is 11.7. The molecule has 4 aromatic rings. The number of benzene rings is 3. The van der Waals surface area contributed by atoms with E-state index in [1.165, 1.54) is 5.56 Å². The Morgan fingerprint density at radius 2 is 1.57 bits per heavy atom. The van der Waals surface area contributed by atoms with Crippen molar-refractivity contribution in [2.45, 2.75) is 53.0 Å². The molecule has 5 rings (SSSR count). The molecule has 7 nitrogen and oxygen atoms in total. The molecule has 1 fully saturated rings. The normalized spacial score (nSPS) is 14.0. The Morgan fingerprint density at radius 3 is 2.20 bits per heavy atom. The fourth-order valence-electron chi connectivity index (χ4n) is 5.99. The van der Waals surface area contributed by atoms with Crippen molar-refractivity contribution in [3.8, 4) is 11.5 Å². The zero-order valence-corrected chi connectivity index (χ0v) is 25.5. The van der Waals surface area contributed by atoms with Crippen LogP contribution in [0.1, 0.15) is 52.6 Å². The lowest BCUT2D eigenvalue weighted by Crippen LogP contribution is -2.11. The maximum atomic E-state index is 11.7. The number of aromatic nitrogens is 1. The van der Waals surface area contributed by atoms with Crippen LogP contribution in [0, 0.1) is 26.2 Å². The number of aryl methyl sites for hydroxylation is 3. The van der Waals surface area contributed by atoms with Crippen LogP contribution in [0.4, 0.5) is 0 Å². The second-order valence-corrected chi connectivity index (χ2v) is 11.9. The van der Waals surface area contributed by atoms with Crippen molar-refractivity contribution in [3.63, 3.8) is 0 Å². The summed E-state index contributed by atoms with van der Waals surface area (Å²) >= 11 is 0. The topological polar surface area (TPSA) is 98.0 Å². The Bertz CT molecular complexity index is 1700. The van der Waals surface area contributed by atoms with E-state index in [9.17, 15) is 19.8 Å². The van der Waals surface area contributed by atoms with E-state index in [0.717, 1.165) is 63.1 Å². The monoisotopic (exact) mass is 593 g/mol. The Balaban J connectivity index is 1.22. The van der Waals surface area contributed by atoms with E-state index in [-0.39, 0.29) is 18.4 Å². The highest BCUT2D eigenvalue weighted by Gasteiger charge is 2.44. The molecular formula is C37H39NO6. The van der Waals surface area contributed by atoms with Gasteiger partial charge in [-0.1, -0.05) is 60.2 Å². The van der Waals surface area contributed by atoms with E-state index < -0.39 is 11.9 Å². The molecule has 1 heterocycles. The van der Waals surface area contributed by atoms with E-state index in [2.05, 4.69) is 32.9 Å². The molecule has 1 aliphatic carbocycles. The molecule has 228 valence electrons. The fraction of sp³-hybridized carbons (Fsp3) is 0.297. The molecule has 1 aliphatic rings. The Morgan fingerprint density at radius 1 is 0.886 bits per heavy atom. The molecule has 44 heavy (non-hydrogen) atoms. The van der Waals surface area contributed by atoms with Gasteiger partial charge in [0.25, 0.3) is 0 Å². The third-order valence-electron chi connectivity index (χ3n) is 8.14. The highest BCUT2D eigenvalue weighted by Crippen LogP contribution is 2.52. The number of carboxylic acids is 2. The van der Waals surface area contributed by atoms with Gasteiger partial charge in [0.2, 0.25) is 0 Å². The van der Waals surface area contributed by atoms with Crippen molar-refractivity contribution < 1.29 is 29.3 Å². The van der Waals surface area contributed by atoms with Crippen LogP contribution in [0.3, 0.4) is 0 Å². The van der Waals surface area contributed by atoms with Crippen LogP contribution in [-0.4, -0.2) is 39.9 Å². The minimum absolute atomic E-state index is 0.135. The minimum Gasteiger partial charge on any atom is -0.490 e. The van der Waals surface area contributed by atoms with Crippen LogP contribution in [0.25, 0.3) is 23.1 Å². The largest absolute Gasteiger partial charge is 0.490 e. The van der Waals surface area contributed by atoms with Crippen LogP contribution >= 0.6 is 0 Å². The van der Waals surface area contributed by atoms with Gasteiger partial charge in [0.05, 0.1) is 11.9 Å². The molecule has 0 aliphatic heterocycles. The molecule has 0 atom stereocenters. The van der Waals surface area contributed by atoms with Gasteiger partial charge in [-0.2, -0.15) is 0 Å². The van der Waals surface area contributed by atoms with Crippen molar-refractivity contribution in [1.29, 1.82) is 0 Å². The molecular weight excluding hydrogens is 554 g/mol. The zero-order chi connectivity index (χ0) is 31.3. The van der Waals surface area contributed by atoms with Gasteiger partial charge in [-0.15, -0.1) is 0 Å². The number of para-hydroxylation sites is 1.